The number of H-pyrrole nitrogens is 1. The Kier molecular flexibility index (Phi) is 5.79. The van der Waals surface area contributed by atoms with E-state index >= 15 is 0 Å². The molecule has 0 fully saturated rings. The fourth-order valence-electron chi connectivity index (χ4n) is 1.28. The van der Waals surface area contributed by atoms with Crippen molar-refractivity contribution in [1.82, 2.24) is 15.3 Å². The van der Waals surface area contributed by atoms with Gasteiger partial charge in [-0.1, -0.05) is 0 Å². The van der Waals surface area contributed by atoms with Gasteiger partial charge in [-0.3, -0.25) is 9.59 Å². The second-order valence-electron chi connectivity index (χ2n) is 3.57. The third-order valence-corrected chi connectivity index (χ3v) is 2.86. The smallest absolute Gasteiger partial charge is 0.267 e. The van der Waals surface area contributed by atoms with Gasteiger partial charge < -0.3 is 19.9 Å². The molecule has 0 atom stereocenters. The van der Waals surface area contributed by atoms with Gasteiger partial charge in [-0.2, -0.15) is 0 Å². The molecule has 1 aromatic rings. The molecule has 0 spiro atoms. The van der Waals surface area contributed by atoms with E-state index in [9.17, 15) is 9.59 Å². The van der Waals surface area contributed by atoms with Crippen LogP contribution in [0, 0.1) is 0 Å². The molecule has 1 amide bonds. The summed E-state index contributed by atoms with van der Waals surface area (Å²) in [5.41, 5.74) is -0.286. The molecule has 0 aliphatic carbocycles. The summed E-state index contributed by atoms with van der Waals surface area (Å²) in [6.07, 6.45) is 1.29. The highest BCUT2D eigenvalue weighted by atomic mass is 79.9. The van der Waals surface area contributed by atoms with E-state index in [1.54, 1.807) is 19.1 Å². The molecule has 0 unspecified atom stereocenters. The van der Waals surface area contributed by atoms with Gasteiger partial charge in [-0.05, 0) is 15.9 Å². The summed E-state index contributed by atoms with van der Waals surface area (Å²) in [7, 11) is 3.25. The van der Waals surface area contributed by atoms with Gasteiger partial charge in [0.1, 0.15) is 4.47 Å². The van der Waals surface area contributed by atoms with Crippen LogP contribution in [-0.4, -0.2) is 49.7 Å². The molecule has 7 nitrogen and oxygen atoms in total. The highest BCUT2D eigenvalue weighted by Gasteiger charge is 2.13. The monoisotopic (exact) mass is 318 g/mol. The van der Waals surface area contributed by atoms with Gasteiger partial charge in [0.2, 0.25) is 5.91 Å². The van der Waals surface area contributed by atoms with Gasteiger partial charge in [-0.15, -0.1) is 0 Å². The molecule has 2 N–H and O–H groups in total. The summed E-state index contributed by atoms with van der Waals surface area (Å²) in [6, 6.07) is 0. The Labute approximate surface area is 113 Å². The third kappa shape index (κ3) is 4.11. The lowest BCUT2D eigenvalue weighted by Crippen LogP contribution is -2.37. The minimum absolute atomic E-state index is 0.110. The number of likely N-dealkylation sites (N-methyl/N-ethyl adjacent to an activating group) is 1. The summed E-state index contributed by atoms with van der Waals surface area (Å²) in [5, 5.41) is 2.68. The van der Waals surface area contributed by atoms with Crippen molar-refractivity contribution in [2.75, 3.05) is 38.8 Å². The molecule has 0 saturated heterocycles. The standard InChI is InChI=1S/C10H15BrN4O3/c1-15(5-7(16)12-3-4-18-2)9-8(11)10(17)14-6-13-9/h6H,3-5H2,1-2H3,(H,12,16)(H,13,14,17). The molecule has 0 aliphatic rings. The second-order valence-corrected chi connectivity index (χ2v) is 4.36. The fraction of sp³-hybridized carbons (Fsp3) is 0.500. The largest absolute Gasteiger partial charge is 0.383 e. The van der Waals surface area contributed by atoms with Gasteiger partial charge in [0.25, 0.3) is 5.56 Å². The average Bonchev–Trinajstić information content (AvgIpc) is 2.32. The molecule has 8 heteroatoms. The number of aromatic nitrogens is 2. The predicted octanol–water partition coefficient (Wildman–Crippen LogP) is -0.269. The zero-order valence-electron chi connectivity index (χ0n) is 10.2. The molecular formula is C10H15BrN4O3. The average molecular weight is 319 g/mol. The van der Waals surface area contributed by atoms with Crippen molar-refractivity contribution in [3.05, 3.63) is 21.2 Å². The van der Waals surface area contributed by atoms with E-state index in [0.29, 0.717) is 23.4 Å². The summed E-state index contributed by atoms with van der Waals surface area (Å²) < 4.78 is 5.13. The number of rotatable bonds is 6. The number of hydrogen-bond acceptors (Lipinski definition) is 5. The number of carbonyl (C=O) groups is 1. The van der Waals surface area contributed by atoms with Crippen LogP contribution >= 0.6 is 15.9 Å². The van der Waals surface area contributed by atoms with Crippen LogP contribution in [0.25, 0.3) is 0 Å². The zero-order chi connectivity index (χ0) is 13.5. The van der Waals surface area contributed by atoms with Crippen LogP contribution in [0.2, 0.25) is 0 Å². The Balaban J connectivity index is 2.59. The first-order valence-electron chi connectivity index (χ1n) is 5.26. The molecular weight excluding hydrogens is 304 g/mol. The van der Waals surface area contributed by atoms with E-state index in [2.05, 4.69) is 31.2 Å². The summed E-state index contributed by atoms with van der Waals surface area (Å²) in [5.74, 6) is 0.254. The lowest BCUT2D eigenvalue weighted by Gasteiger charge is -2.18. The summed E-state index contributed by atoms with van der Waals surface area (Å²) >= 11 is 3.13. The molecule has 1 aromatic heterocycles. The van der Waals surface area contributed by atoms with Crippen LogP contribution in [0.4, 0.5) is 5.82 Å². The van der Waals surface area contributed by atoms with Gasteiger partial charge in [0.15, 0.2) is 5.82 Å². The number of amides is 1. The first-order chi connectivity index (χ1) is 8.56. The molecule has 0 bridgehead atoms. The molecule has 1 heterocycles. The van der Waals surface area contributed by atoms with Gasteiger partial charge in [0, 0.05) is 20.7 Å². The van der Waals surface area contributed by atoms with Crippen LogP contribution in [-0.2, 0) is 9.53 Å². The number of halogens is 1. The number of anilines is 1. The zero-order valence-corrected chi connectivity index (χ0v) is 11.8. The molecule has 0 aliphatic heterocycles. The SMILES string of the molecule is COCCNC(=O)CN(C)c1nc[nH]c(=O)c1Br. The number of nitrogens with zero attached hydrogens (tertiary/aromatic N) is 2. The summed E-state index contributed by atoms with van der Waals surface area (Å²) in [4.78, 5) is 30.9. The number of methoxy groups -OCH3 is 1. The van der Waals surface area contributed by atoms with Crippen LogP contribution in [0.5, 0.6) is 0 Å². The lowest BCUT2D eigenvalue weighted by molar-refractivity contribution is -0.119. The highest BCUT2D eigenvalue weighted by molar-refractivity contribution is 9.10. The van der Waals surface area contributed by atoms with E-state index in [1.807, 2.05) is 0 Å². The van der Waals surface area contributed by atoms with Crippen molar-refractivity contribution in [2.24, 2.45) is 0 Å². The Morgan fingerprint density at radius 1 is 1.67 bits per heavy atom. The predicted molar refractivity (Wildman–Crippen MR) is 70.7 cm³/mol. The number of aromatic amines is 1. The number of nitrogens with one attached hydrogen (secondary N) is 2. The number of carbonyl (C=O) groups excluding carboxylic acids is 1. The molecule has 1 rings (SSSR count). The summed E-state index contributed by atoms with van der Waals surface area (Å²) in [6.45, 7) is 1.02. The minimum Gasteiger partial charge on any atom is -0.383 e. The van der Waals surface area contributed by atoms with Crippen molar-refractivity contribution >= 4 is 27.7 Å². The molecule has 0 aromatic carbocycles. The van der Waals surface area contributed by atoms with Crippen molar-refractivity contribution in [1.29, 1.82) is 0 Å². The molecule has 0 saturated carbocycles. The van der Waals surface area contributed by atoms with Crippen LogP contribution in [0.3, 0.4) is 0 Å². The highest BCUT2D eigenvalue weighted by Crippen LogP contribution is 2.16. The van der Waals surface area contributed by atoms with Gasteiger partial charge >= 0.3 is 0 Å². The maximum absolute atomic E-state index is 11.6. The minimum atomic E-state index is -0.286. The van der Waals surface area contributed by atoms with Crippen molar-refractivity contribution < 1.29 is 9.53 Å². The maximum atomic E-state index is 11.6. The van der Waals surface area contributed by atoms with Crippen LogP contribution in [0.1, 0.15) is 0 Å². The van der Waals surface area contributed by atoms with E-state index < -0.39 is 0 Å². The van der Waals surface area contributed by atoms with Crippen molar-refractivity contribution in [2.45, 2.75) is 0 Å². The topological polar surface area (TPSA) is 87.3 Å². The van der Waals surface area contributed by atoms with Gasteiger partial charge in [0.05, 0.1) is 19.5 Å². The number of hydrogen-bond donors (Lipinski definition) is 2. The van der Waals surface area contributed by atoms with E-state index in [0.717, 1.165) is 0 Å². The Morgan fingerprint density at radius 2 is 2.39 bits per heavy atom. The van der Waals surface area contributed by atoms with Crippen LogP contribution in [0.15, 0.2) is 15.6 Å². The second kappa shape index (κ2) is 7.12. The maximum Gasteiger partial charge on any atom is 0.267 e. The quantitative estimate of drug-likeness (QED) is 0.705. The van der Waals surface area contributed by atoms with E-state index in [-0.39, 0.29) is 18.0 Å². The Hall–Kier alpha value is -1.41. The molecule has 18 heavy (non-hydrogen) atoms. The lowest BCUT2D eigenvalue weighted by atomic mass is 10.4. The first-order valence-corrected chi connectivity index (χ1v) is 6.05. The van der Waals surface area contributed by atoms with Crippen LogP contribution < -0.4 is 15.8 Å². The van der Waals surface area contributed by atoms with Crippen molar-refractivity contribution in [3.8, 4) is 0 Å². The van der Waals surface area contributed by atoms with Crippen molar-refractivity contribution in [3.63, 3.8) is 0 Å². The first kappa shape index (κ1) is 14.7. The molecule has 0 radical (unpaired) electrons. The van der Waals surface area contributed by atoms with Gasteiger partial charge in [-0.25, -0.2) is 4.98 Å². The Morgan fingerprint density at radius 3 is 3.06 bits per heavy atom. The third-order valence-electron chi connectivity index (χ3n) is 2.15. The normalized spacial score (nSPS) is 10.2. The van der Waals surface area contributed by atoms with E-state index in [1.165, 1.54) is 6.33 Å². The molecule has 100 valence electrons. The van der Waals surface area contributed by atoms with E-state index in [4.69, 9.17) is 4.74 Å². The number of ether oxygens (including phenoxy) is 1. The fourth-order valence-corrected chi connectivity index (χ4v) is 1.80. The Bertz CT molecular complexity index is 463.